The van der Waals surface area contributed by atoms with E-state index in [4.69, 9.17) is 4.74 Å². The van der Waals surface area contributed by atoms with Gasteiger partial charge in [0.1, 0.15) is 0 Å². The average Bonchev–Trinajstić information content (AvgIpc) is 2.96. The number of piperidine rings is 1. The summed E-state index contributed by atoms with van der Waals surface area (Å²) in [6, 6.07) is 1.82. The lowest BCUT2D eigenvalue weighted by Crippen LogP contribution is -2.45. The number of aromatic nitrogens is 4. The van der Waals surface area contributed by atoms with Crippen molar-refractivity contribution in [3.8, 4) is 0 Å². The van der Waals surface area contributed by atoms with Crippen molar-refractivity contribution in [1.82, 2.24) is 24.5 Å². The van der Waals surface area contributed by atoms with Gasteiger partial charge >= 0.3 is 0 Å². The van der Waals surface area contributed by atoms with Crippen molar-refractivity contribution in [2.45, 2.75) is 19.8 Å². The van der Waals surface area contributed by atoms with Gasteiger partial charge in [0.25, 0.3) is 5.78 Å². The van der Waals surface area contributed by atoms with Crippen LogP contribution in [-0.2, 0) is 14.3 Å². The number of anilines is 1. The molecule has 0 spiro atoms. The van der Waals surface area contributed by atoms with Gasteiger partial charge in [-0.3, -0.25) is 19.3 Å². The van der Waals surface area contributed by atoms with Gasteiger partial charge in [-0.15, -0.1) is 10.2 Å². The molecule has 3 rings (SSSR count). The van der Waals surface area contributed by atoms with E-state index < -0.39 is 0 Å². The van der Waals surface area contributed by atoms with Crippen LogP contribution in [-0.4, -0.2) is 63.1 Å². The summed E-state index contributed by atoms with van der Waals surface area (Å²) in [7, 11) is 1.59. The Balaban J connectivity index is 1.68. The lowest BCUT2D eigenvalue weighted by atomic mass is 9.96. The Morgan fingerprint density at radius 3 is 3.08 bits per heavy atom. The van der Waals surface area contributed by atoms with Crippen molar-refractivity contribution in [2.75, 3.05) is 32.1 Å². The van der Waals surface area contributed by atoms with Crippen molar-refractivity contribution in [1.29, 1.82) is 0 Å². The highest BCUT2D eigenvalue weighted by atomic mass is 16.5. The summed E-state index contributed by atoms with van der Waals surface area (Å²) >= 11 is 0. The highest BCUT2D eigenvalue weighted by Gasteiger charge is 2.30. The maximum atomic E-state index is 12.5. The standard InChI is InChI=1S/C15H20N6O3/c1-10-5-6-21-14(16-10)18-19-15(21)17-13(23)11-3-4-12(22)20(9-11)7-8-24-2/h5-6,11H,3-4,7-9H2,1-2H3,(H,17,19,23). The minimum atomic E-state index is -0.273. The van der Waals surface area contributed by atoms with Crippen LogP contribution < -0.4 is 5.32 Å². The zero-order chi connectivity index (χ0) is 17.1. The summed E-state index contributed by atoms with van der Waals surface area (Å²) in [5.74, 6) is 0.391. The van der Waals surface area contributed by atoms with E-state index in [-0.39, 0.29) is 17.7 Å². The van der Waals surface area contributed by atoms with Crippen molar-refractivity contribution in [3.05, 3.63) is 18.0 Å². The molecule has 1 unspecified atom stereocenters. The molecule has 1 aliphatic rings. The topological polar surface area (TPSA) is 102 Å². The highest BCUT2D eigenvalue weighted by Crippen LogP contribution is 2.19. The normalized spacial score (nSPS) is 18.2. The number of hydrogen-bond acceptors (Lipinski definition) is 6. The second kappa shape index (κ2) is 6.91. The zero-order valence-electron chi connectivity index (χ0n) is 13.7. The van der Waals surface area contributed by atoms with Crippen LogP contribution in [0.3, 0.4) is 0 Å². The summed E-state index contributed by atoms with van der Waals surface area (Å²) in [5, 5.41) is 10.7. The number of likely N-dealkylation sites (tertiary alicyclic amines) is 1. The average molecular weight is 332 g/mol. The number of aryl methyl sites for hydroxylation is 1. The largest absolute Gasteiger partial charge is 0.383 e. The first-order valence-corrected chi connectivity index (χ1v) is 7.84. The molecule has 24 heavy (non-hydrogen) atoms. The van der Waals surface area contributed by atoms with Crippen molar-refractivity contribution < 1.29 is 14.3 Å². The van der Waals surface area contributed by atoms with Gasteiger partial charge in [0.05, 0.1) is 12.5 Å². The summed E-state index contributed by atoms with van der Waals surface area (Å²) in [6.07, 6.45) is 2.66. The van der Waals surface area contributed by atoms with Gasteiger partial charge in [-0.05, 0) is 19.4 Å². The van der Waals surface area contributed by atoms with Crippen LogP contribution in [0.25, 0.3) is 5.78 Å². The first-order valence-electron chi connectivity index (χ1n) is 7.84. The third-order valence-electron chi connectivity index (χ3n) is 4.09. The first kappa shape index (κ1) is 16.3. The number of hydrogen-bond donors (Lipinski definition) is 1. The molecule has 0 bridgehead atoms. The van der Waals surface area contributed by atoms with Gasteiger partial charge in [0.15, 0.2) is 0 Å². The minimum Gasteiger partial charge on any atom is -0.383 e. The quantitative estimate of drug-likeness (QED) is 0.842. The van der Waals surface area contributed by atoms with Crippen LogP contribution in [0, 0.1) is 12.8 Å². The fraction of sp³-hybridized carbons (Fsp3) is 0.533. The van der Waals surface area contributed by atoms with E-state index in [2.05, 4.69) is 20.5 Å². The van der Waals surface area contributed by atoms with Gasteiger partial charge in [-0.2, -0.15) is 0 Å². The summed E-state index contributed by atoms with van der Waals surface area (Å²) in [6.45, 7) is 3.21. The second-order valence-electron chi connectivity index (χ2n) is 5.82. The molecule has 0 aliphatic carbocycles. The monoisotopic (exact) mass is 332 g/mol. The van der Waals surface area contributed by atoms with Gasteiger partial charge < -0.3 is 9.64 Å². The van der Waals surface area contributed by atoms with Crippen molar-refractivity contribution in [2.24, 2.45) is 5.92 Å². The summed E-state index contributed by atoms with van der Waals surface area (Å²) in [5.41, 5.74) is 0.826. The Morgan fingerprint density at radius 2 is 2.29 bits per heavy atom. The third-order valence-corrected chi connectivity index (χ3v) is 4.09. The number of ether oxygens (including phenoxy) is 1. The van der Waals surface area contributed by atoms with E-state index in [1.807, 2.05) is 13.0 Å². The molecule has 0 saturated carbocycles. The molecule has 9 heteroatoms. The molecule has 9 nitrogen and oxygen atoms in total. The molecular formula is C15H20N6O3. The maximum absolute atomic E-state index is 12.5. The highest BCUT2D eigenvalue weighted by molar-refractivity contribution is 5.92. The van der Waals surface area contributed by atoms with E-state index in [9.17, 15) is 9.59 Å². The van der Waals surface area contributed by atoms with Gasteiger partial charge in [-0.1, -0.05) is 0 Å². The Kier molecular flexibility index (Phi) is 4.70. The lowest BCUT2D eigenvalue weighted by molar-refractivity contribution is -0.137. The Morgan fingerprint density at radius 1 is 1.46 bits per heavy atom. The molecule has 0 aromatic carbocycles. The fourth-order valence-electron chi connectivity index (χ4n) is 2.72. The molecule has 3 heterocycles. The van der Waals surface area contributed by atoms with E-state index in [1.54, 1.807) is 22.6 Å². The second-order valence-corrected chi connectivity index (χ2v) is 5.82. The van der Waals surface area contributed by atoms with Crippen LogP contribution >= 0.6 is 0 Å². The van der Waals surface area contributed by atoms with E-state index in [0.717, 1.165) is 5.69 Å². The summed E-state index contributed by atoms with van der Waals surface area (Å²) < 4.78 is 6.64. The van der Waals surface area contributed by atoms with Crippen LogP contribution in [0.4, 0.5) is 5.95 Å². The molecule has 1 N–H and O–H groups in total. The Bertz CT molecular complexity index is 759. The molecule has 128 valence electrons. The molecule has 2 amide bonds. The third kappa shape index (κ3) is 3.35. The number of carbonyl (C=O) groups is 2. The molecular weight excluding hydrogens is 312 g/mol. The number of nitrogens with one attached hydrogen (secondary N) is 1. The molecule has 2 aromatic heterocycles. The molecule has 2 aromatic rings. The van der Waals surface area contributed by atoms with E-state index in [0.29, 0.717) is 44.3 Å². The van der Waals surface area contributed by atoms with Crippen LogP contribution in [0.5, 0.6) is 0 Å². The number of methoxy groups -OCH3 is 1. The van der Waals surface area contributed by atoms with Crippen molar-refractivity contribution >= 4 is 23.5 Å². The number of fused-ring (bicyclic) bond motifs is 1. The van der Waals surface area contributed by atoms with Crippen LogP contribution in [0.2, 0.25) is 0 Å². The Labute approximate surface area is 139 Å². The summed E-state index contributed by atoms with van der Waals surface area (Å²) in [4.78, 5) is 30.3. The molecule has 1 atom stereocenters. The predicted octanol–water partition coefficient (Wildman–Crippen LogP) is 0.256. The SMILES string of the molecule is COCCN1CC(C(=O)Nc2nnc3nc(C)ccn23)CCC1=O. The fourth-order valence-corrected chi connectivity index (χ4v) is 2.72. The van der Waals surface area contributed by atoms with Crippen LogP contribution in [0.1, 0.15) is 18.5 Å². The minimum absolute atomic E-state index is 0.0590. The van der Waals surface area contributed by atoms with Crippen LogP contribution in [0.15, 0.2) is 12.3 Å². The van der Waals surface area contributed by atoms with Crippen molar-refractivity contribution in [3.63, 3.8) is 0 Å². The molecule has 1 aliphatic heterocycles. The van der Waals surface area contributed by atoms with E-state index in [1.165, 1.54) is 0 Å². The maximum Gasteiger partial charge on any atom is 0.256 e. The molecule has 1 saturated heterocycles. The number of nitrogens with zero attached hydrogens (tertiary/aromatic N) is 5. The zero-order valence-corrected chi connectivity index (χ0v) is 13.7. The smallest absolute Gasteiger partial charge is 0.256 e. The predicted molar refractivity (Wildman–Crippen MR) is 85.3 cm³/mol. The molecule has 0 radical (unpaired) electrons. The lowest BCUT2D eigenvalue weighted by Gasteiger charge is -2.31. The first-order chi connectivity index (χ1) is 11.6. The van der Waals surface area contributed by atoms with Gasteiger partial charge in [0.2, 0.25) is 17.8 Å². The van der Waals surface area contributed by atoms with E-state index >= 15 is 0 Å². The van der Waals surface area contributed by atoms with Gasteiger partial charge in [0, 0.05) is 38.5 Å². The molecule has 1 fully saturated rings. The number of carbonyl (C=O) groups excluding carboxylic acids is 2. The number of amides is 2. The number of rotatable bonds is 5. The Hall–Kier alpha value is -2.55. The van der Waals surface area contributed by atoms with Gasteiger partial charge in [-0.25, -0.2) is 4.98 Å².